The summed E-state index contributed by atoms with van der Waals surface area (Å²) in [6, 6.07) is 3.23. The van der Waals surface area contributed by atoms with Gasteiger partial charge >= 0.3 is 5.97 Å². The summed E-state index contributed by atoms with van der Waals surface area (Å²) in [4.78, 5) is 11.0. The van der Waals surface area contributed by atoms with Crippen LogP contribution in [0, 0.1) is 11.6 Å². The van der Waals surface area contributed by atoms with Gasteiger partial charge in [-0.1, -0.05) is 0 Å². The number of hydrogen-bond acceptors (Lipinski definition) is 2. The highest BCUT2D eigenvalue weighted by Crippen LogP contribution is 2.38. The molecule has 1 aliphatic heterocycles. The van der Waals surface area contributed by atoms with Crippen molar-refractivity contribution in [1.82, 2.24) is 0 Å². The highest BCUT2D eigenvalue weighted by molar-refractivity contribution is 5.69. The number of benzene rings is 1. The lowest BCUT2D eigenvalue weighted by molar-refractivity contribution is -0.139. The van der Waals surface area contributed by atoms with Gasteiger partial charge in [0.15, 0.2) is 0 Å². The highest BCUT2D eigenvalue weighted by Gasteiger charge is 2.37. The Kier molecular flexibility index (Phi) is 3.61. The van der Waals surface area contributed by atoms with Crippen LogP contribution in [-0.2, 0) is 14.9 Å². The number of carbonyl (C=O) groups is 1. The second-order valence-electron chi connectivity index (χ2n) is 4.62. The summed E-state index contributed by atoms with van der Waals surface area (Å²) in [5.74, 6) is -2.33. The molecule has 3 nitrogen and oxygen atoms in total. The molecule has 18 heavy (non-hydrogen) atoms. The van der Waals surface area contributed by atoms with E-state index in [1.54, 1.807) is 0 Å². The summed E-state index contributed by atoms with van der Waals surface area (Å²) in [6.45, 7) is 0.816. The molecule has 0 aliphatic carbocycles. The summed E-state index contributed by atoms with van der Waals surface area (Å²) in [5, 5.41) is 9.00. The van der Waals surface area contributed by atoms with Gasteiger partial charge in [-0.25, -0.2) is 8.78 Å². The fraction of sp³-hybridized carbons (Fsp3) is 0.462. The standard InChI is InChI=1S/C13H14F2O3/c14-10-5-9(6-11(15)7-10)13(8-12(16)17)1-3-18-4-2-13/h5-7H,1-4,8H2,(H,16,17). The largest absolute Gasteiger partial charge is 0.481 e. The average molecular weight is 256 g/mol. The Morgan fingerprint density at radius 1 is 1.22 bits per heavy atom. The number of hydrogen-bond donors (Lipinski definition) is 1. The van der Waals surface area contributed by atoms with Crippen LogP contribution in [0.25, 0.3) is 0 Å². The summed E-state index contributed by atoms with van der Waals surface area (Å²) in [5.41, 5.74) is -0.321. The smallest absolute Gasteiger partial charge is 0.304 e. The first-order valence-electron chi connectivity index (χ1n) is 5.78. The predicted octanol–water partition coefficient (Wildman–Crippen LogP) is 2.49. The van der Waals surface area contributed by atoms with Crippen LogP contribution in [0.1, 0.15) is 24.8 Å². The zero-order valence-electron chi connectivity index (χ0n) is 9.79. The number of aliphatic carboxylic acids is 1. The maximum Gasteiger partial charge on any atom is 0.304 e. The molecule has 1 aromatic carbocycles. The molecule has 5 heteroatoms. The Morgan fingerprint density at radius 3 is 2.28 bits per heavy atom. The molecule has 0 spiro atoms. The van der Waals surface area contributed by atoms with E-state index >= 15 is 0 Å². The molecule has 0 amide bonds. The minimum Gasteiger partial charge on any atom is -0.481 e. The lowest BCUT2D eigenvalue weighted by Gasteiger charge is -2.36. The van der Waals surface area contributed by atoms with Gasteiger partial charge in [-0.05, 0) is 30.5 Å². The molecule has 98 valence electrons. The van der Waals surface area contributed by atoms with Crippen molar-refractivity contribution in [2.75, 3.05) is 13.2 Å². The van der Waals surface area contributed by atoms with Crippen molar-refractivity contribution in [2.45, 2.75) is 24.7 Å². The third-order valence-electron chi connectivity index (χ3n) is 3.41. The minimum atomic E-state index is -0.971. The molecule has 1 heterocycles. The van der Waals surface area contributed by atoms with E-state index in [4.69, 9.17) is 9.84 Å². The Morgan fingerprint density at radius 2 is 1.78 bits per heavy atom. The topological polar surface area (TPSA) is 46.5 Å². The number of ether oxygens (including phenoxy) is 1. The van der Waals surface area contributed by atoms with E-state index in [0.29, 0.717) is 31.6 Å². The van der Waals surface area contributed by atoms with Crippen LogP contribution in [0.3, 0.4) is 0 Å². The van der Waals surface area contributed by atoms with Gasteiger partial charge in [0, 0.05) is 24.7 Å². The molecular weight excluding hydrogens is 242 g/mol. The van der Waals surface area contributed by atoms with Crippen molar-refractivity contribution < 1.29 is 23.4 Å². The van der Waals surface area contributed by atoms with E-state index in [9.17, 15) is 13.6 Å². The molecule has 1 fully saturated rings. The summed E-state index contributed by atoms with van der Waals surface area (Å²) >= 11 is 0. The van der Waals surface area contributed by atoms with Gasteiger partial charge in [0.2, 0.25) is 0 Å². The number of rotatable bonds is 3. The lowest BCUT2D eigenvalue weighted by atomic mass is 9.72. The van der Waals surface area contributed by atoms with Gasteiger partial charge in [0.1, 0.15) is 11.6 Å². The molecule has 0 unspecified atom stereocenters. The van der Waals surface area contributed by atoms with Crippen molar-refractivity contribution in [3.8, 4) is 0 Å². The van der Waals surface area contributed by atoms with Gasteiger partial charge in [-0.15, -0.1) is 0 Å². The number of carboxylic acid groups (broad SMARTS) is 1. The normalized spacial score (nSPS) is 18.6. The zero-order valence-corrected chi connectivity index (χ0v) is 9.79. The Labute approximate surface area is 103 Å². The maximum absolute atomic E-state index is 13.3. The van der Waals surface area contributed by atoms with Crippen molar-refractivity contribution >= 4 is 5.97 Å². The molecule has 1 aliphatic rings. The van der Waals surface area contributed by atoms with Gasteiger partial charge in [0.25, 0.3) is 0 Å². The second-order valence-corrected chi connectivity index (χ2v) is 4.62. The fourth-order valence-corrected chi connectivity index (χ4v) is 2.48. The number of halogens is 2. The summed E-state index contributed by atoms with van der Waals surface area (Å²) < 4.78 is 31.8. The first-order valence-corrected chi connectivity index (χ1v) is 5.78. The average Bonchev–Trinajstić information content (AvgIpc) is 2.28. The highest BCUT2D eigenvalue weighted by atomic mass is 19.1. The molecular formula is C13H14F2O3. The lowest BCUT2D eigenvalue weighted by Crippen LogP contribution is -2.36. The van der Waals surface area contributed by atoms with Gasteiger partial charge in [-0.2, -0.15) is 0 Å². The van der Waals surface area contributed by atoms with Crippen LogP contribution in [0.5, 0.6) is 0 Å². The molecule has 0 atom stereocenters. The Bertz CT molecular complexity index is 433. The molecule has 1 N–H and O–H groups in total. The van der Waals surface area contributed by atoms with Crippen molar-refractivity contribution in [2.24, 2.45) is 0 Å². The molecule has 0 radical (unpaired) electrons. The van der Waals surface area contributed by atoms with Crippen LogP contribution in [0.4, 0.5) is 8.78 Å². The molecule has 0 aromatic heterocycles. The Balaban J connectivity index is 2.41. The van der Waals surface area contributed by atoms with E-state index < -0.39 is 23.0 Å². The zero-order chi connectivity index (χ0) is 13.2. The van der Waals surface area contributed by atoms with E-state index in [0.717, 1.165) is 6.07 Å². The molecule has 0 bridgehead atoms. The van der Waals surface area contributed by atoms with Crippen LogP contribution in [-0.4, -0.2) is 24.3 Å². The first-order chi connectivity index (χ1) is 8.52. The van der Waals surface area contributed by atoms with Gasteiger partial charge in [-0.3, -0.25) is 4.79 Å². The van der Waals surface area contributed by atoms with E-state index in [1.165, 1.54) is 12.1 Å². The van der Waals surface area contributed by atoms with Crippen LogP contribution in [0.15, 0.2) is 18.2 Å². The van der Waals surface area contributed by atoms with Crippen LogP contribution in [0.2, 0.25) is 0 Å². The SMILES string of the molecule is O=C(O)CC1(c2cc(F)cc(F)c2)CCOCC1. The first kappa shape index (κ1) is 13.0. The van der Waals surface area contributed by atoms with Gasteiger partial charge < -0.3 is 9.84 Å². The summed E-state index contributed by atoms with van der Waals surface area (Å²) in [7, 11) is 0. The van der Waals surface area contributed by atoms with Crippen molar-refractivity contribution in [3.63, 3.8) is 0 Å². The summed E-state index contributed by atoms with van der Waals surface area (Å²) in [6.07, 6.45) is 0.781. The minimum absolute atomic E-state index is 0.140. The Hall–Kier alpha value is -1.49. The number of carboxylic acids is 1. The third kappa shape index (κ3) is 2.67. The predicted molar refractivity (Wildman–Crippen MR) is 60.3 cm³/mol. The van der Waals surface area contributed by atoms with Crippen LogP contribution >= 0.6 is 0 Å². The third-order valence-corrected chi connectivity index (χ3v) is 3.41. The quantitative estimate of drug-likeness (QED) is 0.903. The molecule has 1 saturated heterocycles. The van der Waals surface area contributed by atoms with E-state index in [2.05, 4.69) is 0 Å². The van der Waals surface area contributed by atoms with E-state index in [1.807, 2.05) is 0 Å². The van der Waals surface area contributed by atoms with Crippen molar-refractivity contribution in [1.29, 1.82) is 0 Å². The van der Waals surface area contributed by atoms with Crippen molar-refractivity contribution in [3.05, 3.63) is 35.4 Å². The van der Waals surface area contributed by atoms with Gasteiger partial charge in [0.05, 0.1) is 6.42 Å². The molecule has 0 saturated carbocycles. The monoisotopic (exact) mass is 256 g/mol. The van der Waals surface area contributed by atoms with Crippen LogP contribution < -0.4 is 0 Å². The second kappa shape index (κ2) is 5.02. The molecule has 2 rings (SSSR count). The fourth-order valence-electron chi connectivity index (χ4n) is 2.48. The molecule has 1 aromatic rings. The maximum atomic E-state index is 13.3. The van der Waals surface area contributed by atoms with E-state index in [-0.39, 0.29) is 6.42 Å².